The van der Waals surface area contributed by atoms with Crippen LogP contribution in [0.5, 0.6) is 5.75 Å². The molecule has 1 aromatic carbocycles. The molecule has 8 heteroatoms. The lowest BCUT2D eigenvalue weighted by Gasteiger charge is -2.13. The molecule has 2 aromatic rings. The Balaban J connectivity index is 1.48. The zero-order valence-electron chi connectivity index (χ0n) is 12.4. The maximum atomic E-state index is 9.75. The highest BCUT2D eigenvalue weighted by molar-refractivity contribution is 5.20. The fraction of sp³-hybridized carbons (Fsp3) is 0.467. The van der Waals surface area contributed by atoms with Crippen LogP contribution in [0.1, 0.15) is 5.69 Å². The SMILES string of the molecule is OC1O[C@H](Cn2cc(CCOc3ccccc3)nn2)[C@@H](O)[C@H]1O. The van der Waals surface area contributed by atoms with Gasteiger partial charge in [-0.3, -0.25) is 0 Å². The van der Waals surface area contributed by atoms with Gasteiger partial charge in [0, 0.05) is 12.6 Å². The van der Waals surface area contributed by atoms with Gasteiger partial charge in [-0.2, -0.15) is 0 Å². The Bertz CT molecular complexity index is 621. The topological polar surface area (TPSA) is 110 Å². The van der Waals surface area contributed by atoms with E-state index in [1.54, 1.807) is 6.20 Å². The Labute approximate surface area is 132 Å². The standard InChI is InChI=1S/C15H19N3O5/c19-13-12(23-15(21)14(13)20)9-18-8-10(16-17-18)6-7-22-11-4-2-1-3-5-11/h1-5,8,12-15,19-21H,6-7,9H2/t12-,13-,14-,15?/m1/s1. The zero-order valence-corrected chi connectivity index (χ0v) is 12.4. The Morgan fingerprint density at radius 1 is 1.13 bits per heavy atom. The van der Waals surface area contributed by atoms with E-state index in [2.05, 4.69) is 10.3 Å². The van der Waals surface area contributed by atoms with Crippen LogP contribution in [-0.4, -0.2) is 61.5 Å². The van der Waals surface area contributed by atoms with Gasteiger partial charge in [-0.05, 0) is 12.1 Å². The number of aliphatic hydroxyl groups is 3. The van der Waals surface area contributed by atoms with Gasteiger partial charge in [-0.25, -0.2) is 4.68 Å². The summed E-state index contributed by atoms with van der Waals surface area (Å²) >= 11 is 0. The predicted octanol–water partition coefficient (Wildman–Crippen LogP) is -0.661. The molecule has 1 aliphatic rings. The third-order valence-corrected chi connectivity index (χ3v) is 3.66. The first-order valence-electron chi connectivity index (χ1n) is 7.40. The van der Waals surface area contributed by atoms with E-state index in [-0.39, 0.29) is 6.54 Å². The van der Waals surface area contributed by atoms with Crippen LogP contribution in [0.3, 0.4) is 0 Å². The van der Waals surface area contributed by atoms with Gasteiger partial charge >= 0.3 is 0 Å². The minimum absolute atomic E-state index is 0.196. The molecule has 8 nitrogen and oxygen atoms in total. The van der Waals surface area contributed by atoms with Crippen molar-refractivity contribution in [3.05, 3.63) is 42.2 Å². The normalized spacial score (nSPS) is 27.3. The molecule has 1 saturated heterocycles. The van der Waals surface area contributed by atoms with Crippen LogP contribution in [0.15, 0.2) is 36.5 Å². The van der Waals surface area contributed by atoms with Crippen molar-refractivity contribution in [1.29, 1.82) is 0 Å². The summed E-state index contributed by atoms with van der Waals surface area (Å²) in [4.78, 5) is 0. The van der Waals surface area contributed by atoms with E-state index < -0.39 is 24.6 Å². The summed E-state index contributed by atoms with van der Waals surface area (Å²) in [6.07, 6.45) is -2.25. The van der Waals surface area contributed by atoms with Gasteiger partial charge in [0.15, 0.2) is 6.29 Å². The molecule has 124 valence electrons. The fourth-order valence-electron chi connectivity index (χ4n) is 2.40. The van der Waals surface area contributed by atoms with Gasteiger partial charge in [-0.15, -0.1) is 5.10 Å². The number of nitrogens with zero attached hydrogens (tertiary/aromatic N) is 3. The summed E-state index contributed by atoms with van der Waals surface area (Å²) in [5.41, 5.74) is 0.745. The molecule has 1 unspecified atom stereocenters. The van der Waals surface area contributed by atoms with Gasteiger partial charge in [-0.1, -0.05) is 23.4 Å². The molecule has 1 aromatic heterocycles. The Hall–Kier alpha value is -2.00. The number of aliphatic hydroxyl groups excluding tert-OH is 3. The van der Waals surface area contributed by atoms with Gasteiger partial charge in [0.2, 0.25) is 0 Å². The molecule has 1 aliphatic heterocycles. The first kappa shape index (κ1) is 15.9. The fourth-order valence-corrected chi connectivity index (χ4v) is 2.40. The molecule has 0 saturated carbocycles. The Kier molecular flexibility index (Phi) is 4.87. The van der Waals surface area contributed by atoms with Crippen molar-refractivity contribution in [3.63, 3.8) is 0 Å². The first-order chi connectivity index (χ1) is 11.1. The summed E-state index contributed by atoms with van der Waals surface area (Å²) in [5, 5.41) is 36.5. The number of rotatable bonds is 6. The van der Waals surface area contributed by atoms with E-state index >= 15 is 0 Å². The lowest BCUT2D eigenvalue weighted by molar-refractivity contribution is -0.129. The molecule has 2 heterocycles. The summed E-state index contributed by atoms with van der Waals surface area (Å²) in [6.45, 7) is 0.671. The maximum Gasteiger partial charge on any atom is 0.184 e. The highest BCUT2D eigenvalue weighted by Gasteiger charge is 2.41. The smallest absolute Gasteiger partial charge is 0.184 e. The quantitative estimate of drug-likeness (QED) is 0.648. The van der Waals surface area contributed by atoms with Gasteiger partial charge in [0.25, 0.3) is 0 Å². The summed E-state index contributed by atoms with van der Waals surface area (Å²) in [5.74, 6) is 0.797. The Morgan fingerprint density at radius 2 is 1.91 bits per heavy atom. The number of para-hydroxylation sites is 1. The molecule has 3 rings (SSSR count). The largest absolute Gasteiger partial charge is 0.493 e. The molecule has 23 heavy (non-hydrogen) atoms. The molecule has 3 N–H and O–H groups in total. The molecule has 0 spiro atoms. The molecule has 0 bridgehead atoms. The average Bonchev–Trinajstić information content (AvgIpc) is 3.09. The van der Waals surface area contributed by atoms with Crippen molar-refractivity contribution in [2.75, 3.05) is 6.61 Å². The van der Waals surface area contributed by atoms with Crippen molar-refractivity contribution in [2.24, 2.45) is 0 Å². The molecule has 0 radical (unpaired) electrons. The predicted molar refractivity (Wildman–Crippen MR) is 78.6 cm³/mol. The van der Waals surface area contributed by atoms with E-state index in [4.69, 9.17) is 9.47 Å². The van der Waals surface area contributed by atoms with Crippen LogP contribution in [-0.2, 0) is 17.7 Å². The summed E-state index contributed by atoms with van der Waals surface area (Å²) < 4.78 is 12.2. The first-order valence-corrected chi connectivity index (χ1v) is 7.40. The average molecular weight is 321 g/mol. The van der Waals surface area contributed by atoms with Gasteiger partial charge in [0.1, 0.15) is 24.1 Å². The van der Waals surface area contributed by atoms with E-state index in [9.17, 15) is 15.3 Å². The van der Waals surface area contributed by atoms with Crippen LogP contribution < -0.4 is 4.74 Å². The van der Waals surface area contributed by atoms with Crippen molar-refractivity contribution >= 4 is 0 Å². The monoisotopic (exact) mass is 321 g/mol. The minimum Gasteiger partial charge on any atom is -0.493 e. The van der Waals surface area contributed by atoms with E-state index in [0.717, 1.165) is 11.4 Å². The number of ether oxygens (including phenoxy) is 2. The zero-order chi connectivity index (χ0) is 16.2. The summed E-state index contributed by atoms with van der Waals surface area (Å²) in [6, 6.07) is 9.49. The molecular weight excluding hydrogens is 302 g/mol. The van der Waals surface area contributed by atoms with E-state index in [1.807, 2.05) is 30.3 Å². The summed E-state index contributed by atoms with van der Waals surface area (Å²) in [7, 11) is 0. The van der Waals surface area contributed by atoms with Crippen molar-refractivity contribution in [1.82, 2.24) is 15.0 Å². The molecule has 0 aliphatic carbocycles. The van der Waals surface area contributed by atoms with Crippen LogP contribution in [0.25, 0.3) is 0 Å². The third kappa shape index (κ3) is 3.85. The van der Waals surface area contributed by atoms with E-state index in [1.165, 1.54) is 4.68 Å². The van der Waals surface area contributed by atoms with Crippen LogP contribution in [0, 0.1) is 0 Å². The minimum atomic E-state index is -1.38. The molecule has 4 atom stereocenters. The highest BCUT2D eigenvalue weighted by atomic mass is 16.6. The molecule has 0 amide bonds. The van der Waals surface area contributed by atoms with Gasteiger partial charge < -0.3 is 24.8 Å². The van der Waals surface area contributed by atoms with Crippen LogP contribution >= 0.6 is 0 Å². The van der Waals surface area contributed by atoms with Crippen molar-refractivity contribution < 1.29 is 24.8 Å². The number of hydrogen-bond donors (Lipinski definition) is 3. The lowest BCUT2D eigenvalue weighted by Crippen LogP contribution is -2.34. The number of benzene rings is 1. The second-order valence-electron chi connectivity index (χ2n) is 5.39. The van der Waals surface area contributed by atoms with E-state index in [0.29, 0.717) is 13.0 Å². The van der Waals surface area contributed by atoms with Gasteiger partial charge in [0.05, 0.1) is 18.8 Å². The van der Waals surface area contributed by atoms with Crippen LogP contribution in [0.2, 0.25) is 0 Å². The molecule has 1 fully saturated rings. The second kappa shape index (κ2) is 7.05. The number of hydrogen-bond acceptors (Lipinski definition) is 7. The number of aromatic nitrogens is 3. The lowest BCUT2D eigenvalue weighted by atomic mass is 10.1. The second-order valence-corrected chi connectivity index (χ2v) is 5.39. The maximum absolute atomic E-state index is 9.75. The molecular formula is C15H19N3O5. The third-order valence-electron chi connectivity index (χ3n) is 3.66. The van der Waals surface area contributed by atoms with Crippen molar-refractivity contribution in [2.45, 2.75) is 37.6 Å². The van der Waals surface area contributed by atoms with Crippen LogP contribution in [0.4, 0.5) is 0 Å². The van der Waals surface area contributed by atoms with Crippen molar-refractivity contribution in [3.8, 4) is 5.75 Å². The highest BCUT2D eigenvalue weighted by Crippen LogP contribution is 2.20. The Morgan fingerprint density at radius 3 is 2.61 bits per heavy atom.